The Labute approximate surface area is 117 Å². The predicted octanol–water partition coefficient (Wildman–Crippen LogP) is 3.42. The van der Waals surface area contributed by atoms with Crippen molar-refractivity contribution in [3.63, 3.8) is 0 Å². The van der Waals surface area contributed by atoms with Gasteiger partial charge in [-0.15, -0.1) is 11.3 Å². The summed E-state index contributed by atoms with van der Waals surface area (Å²) < 4.78 is 0. The molecule has 2 aromatic rings. The highest BCUT2D eigenvalue weighted by Gasteiger charge is 2.15. The van der Waals surface area contributed by atoms with Gasteiger partial charge in [-0.05, 0) is 54.2 Å². The monoisotopic (exact) mass is 270 g/mol. The molecule has 1 aromatic heterocycles. The van der Waals surface area contributed by atoms with Gasteiger partial charge in [-0.2, -0.15) is 0 Å². The van der Waals surface area contributed by atoms with E-state index in [1.165, 1.54) is 46.5 Å². The molecule has 0 bridgehead atoms. The number of rotatable bonds is 1. The molecule has 2 nitrogen and oxygen atoms in total. The van der Waals surface area contributed by atoms with Crippen LogP contribution in [-0.2, 0) is 19.4 Å². The minimum Gasteiger partial charge on any atom is -0.385 e. The van der Waals surface area contributed by atoms with Crippen LogP contribution in [0.5, 0.6) is 0 Å². The smallest absolute Gasteiger partial charge is 0.0373 e. The fourth-order valence-electron chi connectivity index (χ4n) is 3.02. The summed E-state index contributed by atoms with van der Waals surface area (Å²) in [5, 5.41) is 6.94. The first-order valence-corrected chi connectivity index (χ1v) is 7.91. The Hall–Kier alpha value is -1.32. The van der Waals surface area contributed by atoms with Crippen molar-refractivity contribution in [2.75, 3.05) is 18.4 Å². The largest absolute Gasteiger partial charge is 0.385 e. The maximum absolute atomic E-state index is 3.48. The lowest BCUT2D eigenvalue weighted by Crippen LogP contribution is -2.21. The van der Waals surface area contributed by atoms with Crippen LogP contribution < -0.4 is 10.6 Å². The predicted molar refractivity (Wildman–Crippen MR) is 82.0 cm³/mol. The van der Waals surface area contributed by atoms with E-state index in [9.17, 15) is 0 Å². The van der Waals surface area contributed by atoms with Gasteiger partial charge in [0.15, 0.2) is 0 Å². The fraction of sp³-hybridized carbons (Fsp3) is 0.375. The van der Waals surface area contributed by atoms with E-state index in [0.29, 0.717) is 0 Å². The van der Waals surface area contributed by atoms with Crippen LogP contribution >= 0.6 is 11.3 Å². The second kappa shape index (κ2) is 4.66. The van der Waals surface area contributed by atoms with Gasteiger partial charge in [-0.1, -0.05) is 6.07 Å². The lowest BCUT2D eigenvalue weighted by molar-refractivity contribution is 0.653. The van der Waals surface area contributed by atoms with Gasteiger partial charge in [0, 0.05) is 35.1 Å². The summed E-state index contributed by atoms with van der Waals surface area (Å²) in [5.41, 5.74) is 5.70. The summed E-state index contributed by atoms with van der Waals surface area (Å²) in [6, 6.07) is 9.28. The first-order chi connectivity index (χ1) is 9.40. The van der Waals surface area contributed by atoms with Crippen molar-refractivity contribution >= 4 is 17.0 Å². The zero-order chi connectivity index (χ0) is 12.7. The second-order valence-electron chi connectivity index (χ2n) is 5.39. The van der Waals surface area contributed by atoms with E-state index in [1.54, 1.807) is 4.88 Å². The van der Waals surface area contributed by atoms with Crippen molar-refractivity contribution in [2.24, 2.45) is 0 Å². The molecule has 0 atom stereocenters. The van der Waals surface area contributed by atoms with Crippen LogP contribution in [0.4, 0.5) is 5.69 Å². The van der Waals surface area contributed by atoms with E-state index < -0.39 is 0 Å². The molecule has 0 amide bonds. The molecule has 0 fully saturated rings. The first-order valence-electron chi connectivity index (χ1n) is 7.09. The van der Waals surface area contributed by atoms with Crippen molar-refractivity contribution < 1.29 is 0 Å². The normalized spacial score (nSPS) is 17.5. The van der Waals surface area contributed by atoms with Crippen molar-refractivity contribution in [3.8, 4) is 10.4 Å². The average molecular weight is 270 g/mol. The summed E-state index contributed by atoms with van der Waals surface area (Å²) in [4.78, 5) is 3.01. The molecule has 1 aromatic carbocycles. The topological polar surface area (TPSA) is 24.1 Å². The molecule has 3 heterocycles. The Kier molecular flexibility index (Phi) is 2.82. The molecule has 4 rings (SSSR count). The molecule has 2 N–H and O–H groups in total. The third-order valence-electron chi connectivity index (χ3n) is 4.07. The second-order valence-corrected chi connectivity index (χ2v) is 6.52. The van der Waals surface area contributed by atoms with Crippen LogP contribution in [0.3, 0.4) is 0 Å². The molecule has 2 aliphatic heterocycles. The SMILES string of the molecule is c1cc2c(cc1-c1cc3c(s1)CCNC3)CCCN2. The Morgan fingerprint density at radius 2 is 2.00 bits per heavy atom. The van der Waals surface area contributed by atoms with E-state index >= 15 is 0 Å². The number of benzene rings is 1. The van der Waals surface area contributed by atoms with Gasteiger partial charge >= 0.3 is 0 Å². The lowest BCUT2D eigenvalue weighted by Gasteiger charge is -2.18. The number of anilines is 1. The van der Waals surface area contributed by atoms with Gasteiger partial charge in [0.2, 0.25) is 0 Å². The molecule has 98 valence electrons. The molecule has 0 aliphatic carbocycles. The van der Waals surface area contributed by atoms with Crippen molar-refractivity contribution in [1.82, 2.24) is 5.32 Å². The summed E-state index contributed by atoms with van der Waals surface area (Å²) in [7, 11) is 0. The van der Waals surface area contributed by atoms with E-state index in [4.69, 9.17) is 0 Å². The van der Waals surface area contributed by atoms with Crippen molar-refractivity contribution in [2.45, 2.75) is 25.8 Å². The molecule has 0 saturated carbocycles. The molecular weight excluding hydrogens is 252 g/mol. The highest BCUT2D eigenvalue weighted by Crippen LogP contribution is 2.35. The van der Waals surface area contributed by atoms with E-state index in [0.717, 1.165) is 19.6 Å². The van der Waals surface area contributed by atoms with E-state index in [2.05, 4.69) is 34.9 Å². The first kappa shape index (κ1) is 11.5. The van der Waals surface area contributed by atoms with Crippen LogP contribution in [0, 0.1) is 0 Å². The standard InChI is InChI=1S/C16H18N2S/c1-2-11-8-12(3-4-14(11)18-6-1)16-9-13-10-17-7-5-15(13)19-16/h3-4,8-9,17-18H,1-2,5-7,10H2. The fourth-order valence-corrected chi connectivity index (χ4v) is 4.20. The van der Waals surface area contributed by atoms with Crippen molar-refractivity contribution in [1.29, 1.82) is 0 Å². The summed E-state index contributed by atoms with van der Waals surface area (Å²) in [6.45, 7) is 3.28. The maximum atomic E-state index is 3.48. The van der Waals surface area contributed by atoms with Crippen LogP contribution in [0.1, 0.15) is 22.4 Å². The molecule has 3 heteroatoms. The van der Waals surface area contributed by atoms with Gasteiger partial charge in [0.05, 0.1) is 0 Å². The average Bonchev–Trinajstić information content (AvgIpc) is 2.90. The molecular formula is C16H18N2S. The number of fused-ring (bicyclic) bond motifs is 2. The van der Waals surface area contributed by atoms with Crippen LogP contribution in [0.15, 0.2) is 24.3 Å². The number of nitrogens with one attached hydrogen (secondary N) is 2. The Bertz CT molecular complexity index is 592. The minimum absolute atomic E-state index is 1.04. The molecule has 2 aliphatic rings. The lowest BCUT2D eigenvalue weighted by atomic mass is 10.00. The van der Waals surface area contributed by atoms with Crippen molar-refractivity contribution in [3.05, 3.63) is 40.3 Å². The molecule has 0 radical (unpaired) electrons. The van der Waals surface area contributed by atoms with Gasteiger partial charge in [0.1, 0.15) is 0 Å². The van der Waals surface area contributed by atoms with E-state index in [-0.39, 0.29) is 0 Å². The Morgan fingerprint density at radius 1 is 1.00 bits per heavy atom. The zero-order valence-corrected chi connectivity index (χ0v) is 11.8. The highest BCUT2D eigenvalue weighted by atomic mass is 32.1. The summed E-state index contributed by atoms with van der Waals surface area (Å²) in [6.07, 6.45) is 3.65. The zero-order valence-electron chi connectivity index (χ0n) is 11.0. The number of hydrogen-bond acceptors (Lipinski definition) is 3. The Morgan fingerprint density at radius 3 is 2.95 bits per heavy atom. The van der Waals surface area contributed by atoms with Crippen LogP contribution in [0.25, 0.3) is 10.4 Å². The van der Waals surface area contributed by atoms with Crippen LogP contribution in [-0.4, -0.2) is 13.1 Å². The molecule has 0 unspecified atom stereocenters. The van der Waals surface area contributed by atoms with Gasteiger partial charge in [-0.3, -0.25) is 0 Å². The van der Waals surface area contributed by atoms with E-state index in [1.807, 2.05) is 11.3 Å². The Balaban J connectivity index is 1.73. The highest BCUT2D eigenvalue weighted by molar-refractivity contribution is 7.15. The molecule has 19 heavy (non-hydrogen) atoms. The number of hydrogen-bond donors (Lipinski definition) is 2. The van der Waals surface area contributed by atoms with Gasteiger partial charge in [-0.25, -0.2) is 0 Å². The number of thiophene rings is 1. The number of aryl methyl sites for hydroxylation is 1. The van der Waals surface area contributed by atoms with Crippen LogP contribution in [0.2, 0.25) is 0 Å². The quantitative estimate of drug-likeness (QED) is 0.829. The van der Waals surface area contributed by atoms with Gasteiger partial charge in [0.25, 0.3) is 0 Å². The maximum Gasteiger partial charge on any atom is 0.0373 e. The van der Waals surface area contributed by atoms with Gasteiger partial charge < -0.3 is 10.6 Å². The molecule has 0 spiro atoms. The minimum atomic E-state index is 1.04. The summed E-state index contributed by atoms with van der Waals surface area (Å²) >= 11 is 1.98. The molecule has 0 saturated heterocycles. The summed E-state index contributed by atoms with van der Waals surface area (Å²) in [5.74, 6) is 0. The third-order valence-corrected chi connectivity index (χ3v) is 5.36. The third kappa shape index (κ3) is 2.07.